The Labute approximate surface area is 206 Å². The molecule has 4 saturated carbocycles. The summed E-state index contributed by atoms with van der Waals surface area (Å²) in [6.45, 7) is 13.9. The van der Waals surface area contributed by atoms with E-state index in [0.717, 1.165) is 57.8 Å². The van der Waals surface area contributed by atoms with Gasteiger partial charge in [0, 0.05) is 23.9 Å². The third-order valence-corrected chi connectivity index (χ3v) is 12.8. The van der Waals surface area contributed by atoms with Crippen LogP contribution in [0.4, 0.5) is 0 Å². The van der Waals surface area contributed by atoms with E-state index in [1.54, 1.807) is 0 Å². The van der Waals surface area contributed by atoms with Gasteiger partial charge in [0.1, 0.15) is 5.78 Å². The van der Waals surface area contributed by atoms with E-state index < -0.39 is 11.4 Å². The van der Waals surface area contributed by atoms with E-state index in [1.807, 2.05) is 0 Å². The number of Topliss-reactive ketones (excluding diaryl/α,β-unsaturated/α-hetero) is 1. The maximum absolute atomic E-state index is 12.9. The van der Waals surface area contributed by atoms with Crippen molar-refractivity contribution in [3.8, 4) is 0 Å². The molecule has 4 nitrogen and oxygen atoms in total. The van der Waals surface area contributed by atoms with Gasteiger partial charge < -0.3 is 10.2 Å². The fourth-order valence-electron chi connectivity index (χ4n) is 10.4. The lowest BCUT2D eigenvalue weighted by Crippen LogP contribution is -2.66. The molecule has 0 radical (unpaired) electrons. The maximum Gasteiger partial charge on any atom is 0.310 e. The average Bonchev–Trinajstić information content (AvgIpc) is 2.76. The summed E-state index contributed by atoms with van der Waals surface area (Å²) in [6, 6.07) is 0. The monoisotopic (exact) mass is 470 g/mol. The summed E-state index contributed by atoms with van der Waals surface area (Å²) < 4.78 is 0. The number of hydrogen-bond acceptors (Lipinski definition) is 3. The van der Waals surface area contributed by atoms with Gasteiger partial charge in [-0.05, 0) is 91.8 Å². The van der Waals surface area contributed by atoms with Crippen LogP contribution in [0.1, 0.15) is 106 Å². The second kappa shape index (κ2) is 7.20. The van der Waals surface area contributed by atoms with E-state index in [2.05, 4.69) is 47.6 Å². The van der Waals surface area contributed by atoms with Crippen molar-refractivity contribution in [1.29, 1.82) is 0 Å². The predicted octanol–water partition coefficient (Wildman–Crippen LogP) is 6.41. The lowest BCUT2D eigenvalue weighted by atomic mass is 9.33. The third-order valence-electron chi connectivity index (χ3n) is 12.8. The molecule has 2 N–H and O–H groups in total. The van der Waals surface area contributed by atoms with E-state index in [1.165, 1.54) is 5.57 Å². The molecule has 0 heterocycles. The van der Waals surface area contributed by atoms with Crippen molar-refractivity contribution in [3.05, 3.63) is 11.6 Å². The van der Waals surface area contributed by atoms with Crippen LogP contribution in [-0.2, 0) is 9.59 Å². The van der Waals surface area contributed by atoms with Crippen molar-refractivity contribution >= 4 is 11.8 Å². The maximum atomic E-state index is 12.9. The summed E-state index contributed by atoms with van der Waals surface area (Å²) >= 11 is 0. The van der Waals surface area contributed by atoms with Gasteiger partial charge in [0.2, 0.25) is 0 Å². The molecule has 4 unspecified atom stereocenters. The van der Waals surface area contributed by atoms with Gasteiger partial charge in [-0.25, -0.2) is 0 Å². The van der Waals surface area contributed by atoms with Crippen molar-refractivity contribution in [2.75, 3.05) is 6.61 Å². The molecule has 5 rings (SSSR count). The molecule has 7 atom stereocenters. The highest BCUT2D eigenvalue weighted by atomic mass is 16.4. The zero-order chi connectivity index (χ0) is 24.9. The Hall–Kier alpha value is -1.16. The van der Waals surface area contributed by atoms with Crippen molar-refractivity contribution < 1.29 is 19.8 Å². The minimum atomic E-state index is -0.616. The van der Waals surface area contributed by atoms with E-state index in [4.69, 9.17) is 0 Å². The zero-order valence-corrected chi connectivity index (χ0v) is 22.3. The number of carboxylic acids is 1. The number of carboxylic acid groups (broad SMARTS) is 1. The Bertz CT molecular complexity index is 945. The molecule has 0 aromatic rings. The predicted molar refractivity (Wildman–Crippen MR) is 133 cm³/mol. The first-order valence-corrected chi connectivity index (χ1v) is 13.8. The van der Waals surface area contributed by atoms with Crippen LogP contribution in [0.25, 0.3) is 0 Å². The molecule has 34 heavy (non-hydrogen) atoms. The van der Waals surface area contributed by atoms with Crippen LogP contribution in [0.3, 0.4) is 0 Å². The lowest BCUT2D eigenvalue weighted by molar-refractivity contribution is -0.203. The smallest absolute Gasteiger partial charge is 0.310 e. The van der Waals surface area contributed by atoms with E-state index in [0.29, 0.717) is 18.1 Å². The topological polar surface area (TPSA) is 74.6 Å². The largest absolute Gasteiger partial charge is 0.481 e. The molecule has 0 aromatic carbocycles. The van der Waals surface area contributed by atoms with Crippen molar-refractivity contribution in [3.63, 3.8) is 0 Å². The number of ketones is 1. The molecule has 0 aromatic heterocycles. The van der Waals surface area contributed by atoms with Gasteiger partial charge in [0.05, 0.1) is 5.41 Å². The Morgan fingerprint density at radius 1 is 0.971 bits per heavy atom. The number of carbonyl (C=O) groups is 2. The van der Waals surface area contributed by atoms with Crippen molar-refractivity contribution in [2.45, 2.75) is 106 Å². The van der Waals surface area contributed by atoms with Crippen molar-refractivity contribution in [2.24, 2.45) is 50.2 Å². The van der Waals surface area contributed by atoms with Crippen LogP contribution < -0.4 is 0 Å². The fourth-order valence-corrected chi connectivity index (χ4v) is 10.4. The normalized spacial score (nSPS) is 49.1. The quantitative estimate of drug-likeness (QED) is 0.457. The number of carbonyl (C=O) groups excluding carboxylic acids is 1. The van der Waals surface area contributed by atoms with Crippen LogP contribution in [0, 0.1) is 50.2 Å². The Morgan fingerprint density at radius 2 is 1.65 bits per heavy atom. The highest BCUT2D eigenvalue weighted by molar-refractivity contribution is 5.85. The molecule has 190 valence electrons. The molecule has 0 bridgehead atoms. The minimum absolute atomic E-state index is 0.0129. The average molecular weight is 471 g/mol. The molecular weight excluding hydrogens is 424 g/mol. The summed E-state index contributed by atoms with van der Waals surface area (Å²) in [7, 11) is 0. The van der Waals surface area contributed by atoms with Gasteiger partial charge >= 0.3 is 5.97 Å². The first-order chi connectivity index (χ1) is 15.7. The van der Waals surface area contributed by atoms with Crippen LogP contribution in [0.2, 0.25) is 0 Å². The van der Waals surface area contributed by atoms with E-state index >= 15 is 0 Å². The number of allylic oxidation sites excluding steroid dienone is 2. The fraction of sp³-hybridized carbons (Fsp3) is 0.867. The summed E-state index contributed by atoms with van der Waals surface area (Å²) in [6.07, 6.45) is 11.2. The van der Waals surface area contributed by atoms with Crippen LogP contribution in [0.15, 0.2) is 11.6 Å². The highest BCUT2D eigenvalue weighted by Gasteiger charge is 2.70. The number of aliphatic hydroxyl groups is 1. The van der Waals surface area contributed by atoms with Gasteiger partial charge in [-0.1, -0.05) is 53.2 Å². The molecule has 0 saturated heterocycles. The Morgan fingerprint density at radius 3 is 2.29 bits per heavy atom. The Kier molecular flexibility index (Phi) is 5.20. The number of aliphatic carboxylic acids is 1. The van der Waals surface area contributed by atoms with Gasteiger partial charge in [-0.3, -0.25) is 9.59 Å². The molecule has 0 amide bonds. The SMILES string of the molecule is CC1(C)CCC2(C(=O)O)CC[C@]3(C)C(=CCC4C5(CO)CCC(=O)C(C)(C)C5CC[C@]43C)[C@H]2C1. The first-order valence-electron chi connectivity index (χ1n) is 13.8. The molecule has 4 fully saturated rings. The number of aliphatic hydroxyl groups excluding tert-OH is 1. The lowest BCUT2D eigenvalue weighted by Gasteiger charge is -2.70. The number of rotatable bonds is 2. The molecule has 4 heteroatoms. The molecule has 5 aliphatic rings. The second-order valence-electron chi connectivity index (χ2n) is 14.7. The summed E-state index contributed by atoms with van der Waals surface area (Å²) in [4.78, 5) is 25.7. The van der Waals surface area contributed by atoms with Gasteiger partial charge in [-0.2, -0.15) is 0 Å². The number of fused-ring (bicyclic) bond motifs is 7. The number of hydrogen-bond donors (Lipinski definition) is 2. The molecule has 5 aliphatic carbocycles. The third kappa shape index (κ3) is 2.81. The second-order valence-corrected chi connectivity index (χ2v) is 14.7. The summed E-state index contributed by atoms with van der Waals surface area (Å²) in [5.74, 6) is 0.428. The van der Waals surface area contributed by atoms with Gasteiger partial charge in [0.25, 0.3) is 0 Å². The van der Waals surface area contributed by atoms with Crippen LogP contribution >= 0.6 is 0 Å². The van der Waals surface area contributed by atoms with Gasteiger partial charge in [0.15, 0.2) is 0 Å². The van der Waals surface area contributed by atoms with Crippen molar-refractivity contribution in [1.82, 2.24) is 0 Å². The minimum Gasteiger partial charge on any atom is -0.481 e. The first kappa shape index (κ1) is 24.5. The van der Waals surface area contributed by atoms with E-state index in [-0.39, 0.29) is 45.5 Å². The standard InChI is InChI=1S/C30H46O4/c1-25(2)13-15-29(24(33)34)16-14-27(5)19(20(29)17-25)7-8-22-28(27,6)11-9-21-26(3,4)23(32)10-12-30(21,22)18-31/h7,20-22,31H,8-18H2,1-6H3,(H,33,34)/t20-,21?,22?,27-,28-,29?,30?/m1/s1. The van der Waals surface area contributed by atoms with Gasteiger partial charge in [-0.15, -0.1) is 0 Å². The molecular formula is C30H46O4. The molecule has 0 spiro atoms. The van der Waals surface area contributed by atoms with E-state index in [9.17, 15) is 19.8 Å². The summed E-state index contributed by atoms with van der Waals surface area (Å²) in [5.41, 5.74) is 0.331. The molecule has 0 aliphatic heterocycles. The van der Waals surface area contributed by atoms with Crippen LogP contribution in [-0.4, -0.2) is 28.6 Å². The Balaban J connectivity index is 1.62. The summed E-state index contributed by atoms with van der Waals surface area (Å²) in [5, 5.41) is 21.5. The zero-order valence-electron chi connectivity index (χ0n) is 22.3. The highest BCUT2D eigenvalue weighted by Crippen LogP contribution is 2.75. The van der Waals surface area contributed by atoms with Crippen LogP contribution in [0.5, 0.6) is 0 Å².